The first kappa shape index (κ1) is 9.92. The lowest BCUT2D eigenvalue weighted by atomic mass is 10.2. The molecule has 0 amide bonds. The van der Waals surface area contributed by atoms with E-state index in [9.17, 15) is 4.79 Å². The molecule has 13 heavy (non-hydrogen) atoms. The van der Waals surface area contributed by atoms with Crippen LogP contribution in [0.4, 0.5) is 0 Å². The molecule has 0 saturated heterocycles. The molecule has 0 aliphatic rings. The second-order valence-electron chi connectivity index (χ2n) is 2.53. The van der Waals surface area contributed by atoms with E-state index in [0.717, 1.165) is 16.1 Å². The van der Waals surface area contributed by atoms with Crippen LogP contribution in [0.15, 0.2) is 22.8 Å². The lowest BCUT2D eigenvalue weighted by Crippen LogP contribution is -1.89. The minimum atomic E-state index is -0.968. The van der Waals surface area contributed by atoms with Crippen molar-refractivity contribution < 1.29 is 9.90 Å². The topological polar surface area (TPSA) is 50.2 Å². The molecule has 1 N–H and O–H groups in total. The Kier molecular flexibility index (Phi) is 3.19. The van der Waals surface area contributed by atoms with Gasteiger partial charge in [-0.15, -0.1) is 0 Å². The summed E-state index contributed by atoms with van der Waals surface area (Å²) in [6.07, 6.45) is 4.18. The standard InChI is InChI=1S/C9H8BrNO2/c1-6-4-7(10)5-11-8(6)2-3-9(12)13/h2-5H,1H3,(H,12,13)/b3-2+. The van der Waals surface area contributed by atoms with E-state index < -0.39 is 5.97 Å². The molecule has 0 saturated carbocycles. The van der Waals surface area contributed by atoms with E-state index in [1.165, 1.54) is 6.08 Å². The number of halogens is 1. The summed E-state index contributed by atoms with van der Waals surface area (Å²) >= 11 is 3.27. The van der Waals surface area contributed by atoms with E-state index in [-0.39, 0.29) is 0 Å². The molecule has 0 unspecified atom stereocenters. The highest BCUT2D eigenvalue weighted by atomic mass is 79.9. The van der Waals surface area contributed by atoms with Crippen molar-refractivity contribution in [1.82, 2.24) is 4.98 Å². The molecule has 0 bridgehead atoms. The molecule has 0 aliphatic heterocycles. The number of aliphatic carboxylic acids is 1. The van der Waals surface area contributed by atoms with Gasteiger partial charge < -0.3 is 5.11 Å². The molecule has 68 valence electrons. The highest BCUT2D eigenvalue weighted by molar-refractivity contribution is 9.10. The number of pyridine rings is 1. The summed E-state index contributed by atoms with van der Waals surface area (Å²) < 4.78 is 0.887. The van der Waals surface area contributed by atoms with Crippen molar-refractivity contribution in [2.75, 3.05) is 0 Å². The SMILES string of the molecule is Cc1cc(Br)cnc1/C=C/C(=O)O. The summed E-state index contributed by atoms with van der Waals surface area (Å²) in [5.41, 5.74) is 1.61. The average Bonchev–Trinajstić information content (AvgIpc) is 2.02. The van der Waals surface area contributed by atoms with Crippen LogP contribution in [0.3, 0.4) is 0 Å². The lowest BCUT2D eigenvalue weighted by molar-refractivity contribution is -0.131. The Labute approximate surface area is 84.2 Å². The highest BCUT2D eigenvalue weighted by Crippen LogP contribution is 2.13. The first-order valence-electron chi connectivity index (χ1n) is 3.63. The molecule has 0 atom stereocenters. The van der Waals surface area contributed by atoms with E-state index in [2.05, 4.69) is 20.9 Å². The molecule has 1 aromatic rings. The number of hydrogen-bond donors (Lipinski definition) is 1. The number of hydrogen-bond acceptors (Lipinski definition) is 2. The Bertz CT molecular complexity index is 361. The molecule has 0 aromatic carbocycles. The Morgan fingerprint density at radius 3 is 2.92 bits per heavy atom. The molecule has 1 heterocycles. The van der Waals surface area contributed by atoms with Crippen molar-refractivity contribution in [3.8, 4) is 0 Å². The largest absolute Gasteiger partial charge is 0.478 e. The van der Waals surface area contributed by atoms with Crippen LogP contribution in [0, 0.1) is 6.92 Å². The summed E-state index contributed by atoms with van der Waals surface area (Å²) in [7, 11) is 0. The van der Waals surface area contributed by atoms with E-state index in [1.807, 2.05) is 13.0 Å². The van der Waals surface area contributed by atoms with E-state index in [4.69, 9.17) is 5.11 Å². The van der Waals surface area contributed by atoms with Gasteiger partial charge in [-0.2, -0.15) is 0 Å². The van der Waals surface area contributed by atoms with Crippen LogP contribution in [0.25, 0.3) is 6.08 Å². The number of rotatable bonds is 2. The summed E-state index contributed by atoms with van der Waals surface area (Å²) in [6.45, 7) is 1.87. The fourth-order valence-corrected chi connectivity index (χ4v) is 1.32. The Hall–Kier alpha value is -1.16. The number of carboxylic acid groups (broad SMARTS) is 1. The smallest absolute Gasteiger partial charge is 0.328 e. The van der Waals surface area contributed by atoms with Crippen LogP contribution in [0.2, 0.25) is 0 Å². The van der Waals surface area contributed by atoms with Crippen LogP contribution in [-0.2, 0) is 4.79 Å². The maximum atomic E-state index is 10.2. The van der Waals surface area contributed by atoms with Gasteiger partial charge in [-0.05, 0) is 40.6 Å². The summed E-state index contributed by atoms with van der Waals surface area (Å²) in [6, 6.07) is 1.88. The normalized spacial score (nSPS) is 10.6. The Morgan fingerprint density at radius 1 is 1.69 bits per heavy atom. The van der Waals surface area contributed by atoms with Crippen molar-refractivity contribution in [3.63, 3.8) is 0 Å². The van der Waals surface area contributed by atoms with Crippen molar-refractivity contribution in [3.05, 3.63) is 34.1 Å². The van der Waals surface area contributed by atoms with Gasteiger partial charge in [0, 0.05) is 16.7 Å². The minimum Gasteiger partial charge on any atom is -0.478 e. The van der Waals surface area contributed by atoms with Crippen LogP contribution >= 0.6 is 15.9 Å². The molecule has 0 radical (unpaired) electrons. The van der Waals surface area contributed by atoms with Gasteiger partial charge in [-0.3, -0.25) is 4.98 Å². The van der Waals surface area contributed by atoms with E-state index in [1.54, 1.807) is 6.20 Å². The zero-order valence-electron chi connectivity index (χ0n) is 6.99. The molecule has 1 rings (SSSR count). The van der Waals surface area contributed by atoms with Gasteiger partial charge in [0.05, 0.1) is 5.69 Å². The predicted molar refractivity (Wildman–Crippen MR) is 53.3 cm³/mol. The fraction of sp³-hybridized carbons (Fsp3) is 0.111. The zero-order valence-corrected chi connectivity index (χ0v) is 8.58. The van der Waals surface area contributed by atoms with E-state index in [0.29, 0.717) is 5.69 Å². The van der Waals surface area contributed by atoms with Gasteiger partial charge in [-0.25, -0.2) is 4.79 Å². The first-order valence-corrected chi connectivity index (χ1v) is 4.42. The third-order valence-electron chi connectivity index (χ3n) is 1.47. The maximum Gasteiger partial charge on any atom is 0.328 e. The van der Waals surface area contributed by atoms with Gasteiger partial charge in [0.1, 0.15) is 0 Å². The fourth-order valence-electron chi connectivity index (χ4n) is 0.876. The van der Waals surface area contributed by atoms with Crippen LogP contribution < -0.4 is 0 Å². The molecule has 0 aliphatic carbocycles. The Morgan fingerprint density at radius 2 is 2.38 bits per heavy atom. The zero-order chi connectivity index (χ0) is 9.84. The molecular weight excluding hydrogens is 234 g/mol. The molecule has 4 heteroatoms. The maximum absolute atomic E-state index is 10.2. The van der Waals surface area contributed by atoms with Gasteiger partial charge in [0.15, 0.2) is 0 Å². The van der Waals surface area contributed by atoms with Gasteiger partial charge in [-0.1, -0.05) is 0 Å². The number of nitrogens with zero attached hydrogens (tertiary/aromatic N) is 1. The van der Waals surface area contributed by atoms with Crippen molar-refractivity contribution in [2.24, 2.45) is 0 Å². The quantitative estimate of drug-likeness (QED) is 0.809. The average molecular weight is 242 g/mol. The summed E-state index contributed by atoms with van der Waals surface area (Å²) in [5, 5.41) is 8.40. The highest BCUT2D eigenvalue weighted by Gasteiger charge is 1.97. The summed E-state index contributed by atoms with van der Waals surface area (Å²) in [4.78, 5) is 14.3. The lowest BCUT2D eigenvalue weighted by Gasteiger charge is -1.98. The van der Waals surface area contributed by atoms with Crippen molar-refractivity contribution in [2.45, 2.75) is 6.92 Å². The third kappa shape index (κ3) is 2.99. The molecule has 0 spiro atoms. The van der Waals surface area contributed by atoms with Crippen LogP contribution in [0.5, 0.6) is 0 Å². The second kappa shape index (κ2) is 4.18. The molecular formula is C9H8BrNO2. The van der Waals surface area contributed by atoms with Gasteiger partial charge >= 0.3 is 5.97 Å². The number of aryl methyl sites for hydroxylation is 1. The van der Waals surface area contributed by atoms with Crippen molar-refractivity contribution in [1.29, 1.82) is 0 Å². The van der Waals surface area contributed by atoms with E-state index >= 15 is 0 Å². The monoisotopic (exact) mass is 241 g/mol. The van der Waals surface area contributed by atoms with Crippen molar-refractivity contribution >= 4 is 28.0 Å². The number of aromatic nitrogens is 1. The van der Waals surface area contributed by atoms with Gasteiger partial charge in [0.25, 0.3) is 0 Å². The number of carbonyl (C=O) groups is 1. The predicted octanol–water partition coefficient (Wildman–Crippen LogP) is 2.25. The van der Waals surface area contributed by atoms with Crippen LogP contribution in [0.1, 0.15) is 11.3 Å². The molecule has 3 nitrogen and oxygen atoms in total. The first-order chi connectivity index (χ1) is 6.09. The molecule has 0 fully saturated rings. The Balaban J connectivity index is 2.96. The second-order valence-corrected chi connectivity index (χ2v) is 3.44. The van der Waals surface area contributed by atoms with Gasteiger partial charge in [0.2, 0.25) is 0 Å². The number of carboxylic acids is 1. The third-order valence-corrected chi connectivity index (χ3v) is 1.90. The van der Waals surface area contributed by atoms with Crippen LogP contribution in [-0.4, -0.2) is 16.1 Å². The summed E-state index contributed by atoms with van der Waals surface area (Å²) in [5.74, 6) is -0.968. The minimum absolute atomic E-state index is 0.672. The molecule has 1 aromatic heterocycles.